The number of hydrogen-bond donors (Lipinski definition) is 3. The SMILES string of the molecule is CNCc1ccc(CC(=O)NC2CC(C(=O)OC)Nc3cc(Cl)cc(Cl)c32)cc1. The largest absolute Gasteiger partial charge is 0.467 e. The smallest absolute Gasteiger partial charge is 0.328 e. The molecule has 0 saturated heterocycles. The van der Waals surface area contributed by atoms with Crippen molar-refractivity contribution in [1.29, 1.82) is 0 Å². The summed E-state index contributed by atoms with van der Waals surface area (Å²) in [5, 5.41) is 10.1. The van der Waals surface area contributed by atoms with E-state index in [0.717, 1.165) is 17.7 Å². The number of amides is 1. The van der Waals surface area contributed by atoms with Gasteiger partial charge in [0, 0.05) is 34.3 Å². The summed E-state index contributed by atoms with van der Waals surface area (Å²) in [5.41, 5.74) is 3.39. The van der Waals surface area contributed by atoms with Crippen LogP contribution in [-0.4, -0.2) is 32.1 Å². The van der Waals surface area contributed by atoms with Gasteiger partial charge in [-0.05, 0) is 30.3 Å². The minimum absolute atomic E-state index is 0.154. The van der Waals surface area contributed by atoms with Crippen LogP contribution in [0.1, 0.15) is 29.2 Å². The lowest BCUT2D eigenvalue weighted by Gasteiger charge is -2.33. The summed E-state index contributed by atoms with van der Waals surface area (Å²) in [6, 6.07) is 10.1. The van der Waals surface area contributed by atoms with E-state index in [2.05, 4.69) is 16.0 Å². The van der Waals surface area contributed by atoms with Crippen molar-refractivity contribution < 1.29 is 14.3 Å². The van der Waals surface area contributed by atoms with Crippen molar-refractivity contribution in [2.45, 2.75) is 31.5 Å². The molecule has 2 unspecified atom stereocenters. The van der Waals surface area contributed by atoms with Crippen LogP contribution in [0.3, 0.4) is 0 Å². The Morgan fingerprint density at radius 1 is 1.17 bits per heavy atom. The highest BCUT2D eigenvalue weighted by Crippen LogP contribution is 2.40. The number of nitrogens with one attached hydrogen (secondary N) is 3. The Bertz CT molecular complexity index is 903. The van der Waals surface area contributed by atoms with Crippen LogP contribution in [0.5, 0.6) is 0 Å². The monoisotopic (exact) mass is 435 g/mol. The first-order chi connectivity index (χ1) is 13.9. The molecule has 3 rings (SSSR count). The number of halogens is 2. The van der Waals surface area contributed by atoms with Crippen LogP contribution < -0.4 is 16.0 Å². The fourth-order valence-corrected chi connectivity index (χ4v) is 4.12. The van der Waals surface area contributed by atoms with Crippen LogP contribution in [-0.2, 0) is 27.3 Å². The number of ether oxygens (including phenoxy) is 1. The Kier molecular flexibility index (Phi) is 7.00. The second kappa shape index (κ2) is 9.48. The Hall–Kier alpha value is -2.28. The summed E-state index contributed by atoms with van der Waals surface area (Å²) >= 11 is 12.5. The molecular formula is C21H23Cl2N3O3. The molecule has 0 fully saturated rings. The molecular weight excluding hydrogens is 413 g/mol. The van der Waals surface area contributed by atoms with E-state index < -0.39 is 18.1 Å². The summed E-state index contributed by atoms with van der Waals surface area (Å²) in [4.78, 5) is 24.8. The van der Waals surface area contributed by atoms with Gasteiger partial charge < -0.3 is 20.7 Å². The molecule has 29 heavy (non-hydrogen) atoms. The van der Waals surface area contributed by atoms with Crippen molar-refractivity contribution in [2.24, 2.45) is 0 Å². The van der Waals surface area contributed by atoms with E-state index in [4.69, 9.17) is 27.9 Å². The maximum absolute atomic E-state index is 12.7. The molecule has 0 bridgehead atoms. The predicted molar refractivity (Wildman–Crippen MR) is 114 cm³/mol. The van der Waals surface area contributed by atoms with Crippen molar-refractivity contribution in [2.75, 3.05) is 19.5 Å². The van der Waals surface area contributed by atoms with E-state index in [1.807, 2.05) is 31.3 Å². The van der Waals surface area contributed by atoms with Gasteiger partial charge in [0.15, 0.2) is 0 Å². The number of fused-ring (bicyclic) bond motifs is 1. The number of carbonyl (C=O) groups is 2. The van der Waals surface area contributed by atoms with E-state index in [0.29, 0.717) is 27.7 Å². The Balaban J connectivity index is 1.77. The maximum atomic E-state index is 12.7. The standard InChI is InChI=1S/C21H23Cl2N3O3/c1-24-11-13-5-3-12(4-6-13)7-19(27)26-17-10-18(21(28)29-2)25-16-9-14(22)8-15(23)20(16)17/h3-6,8-9,17-18,24-25H,7,10-11H2,1-2H3,(H,26,27). The van der Waals surface area contributed by atoms with Crippen LogP contribution in [0.25, 0.3) is 0 Å². The van der Waals surface area contributed by atoms with Gasteiger partial charge in [0.05, 0.1) is 19.6 Å². The summed E-state index contributed by atoms with van der Waals surface area (Å²) in [6.45, 7) is 0.772. The molecule has 1 heterocycles. The Labute approximate surface area is 179 Å². The van der Waals surface area contributed by atoms with Gasteiger partial charge in [0.2, 0.25) is 5.91 Å². The number of esters is 1. The third-order valence-corrected chi connectivity index (χ3v) is 5.36. The van der Waals surface area contributed by atoms with Crippen molar-refractivity contribution in [1.82, 2.24) is 10.6 Å². The molecule has 0 aromatic heterocycles. The molecule has 3 N–H and O–H groups in total. The van der Waals surface area contributed by atoms with Gasteiger partial charge in [0.25, 0.3) is 0 Å². The Morgan fingerprint density at radius 2 is 1.86 bits per heavy atom. The highest BCUT2D eigenvalue weighted by molar-refractivity contribution is 6.35. The zero-order valence-electron chi connectivity index (χ0n) is 16.2. The van der Waals surface area contributed by atoms with Gasteiger partial charge in [-0.25, -0.2) is 4.79 Å². The van der Waals surface area contributed by atoms with Gasteiger partial charge in [0.1, 0.15) is 6.04 Å². The van der Waals surface area contributed by atoms with Gasteiger partial charge in [-0.3, -0.25) is 4.79 Å². The molecule has 1 aliphatic heterocycles. The number of anilines is 1. The van der Waals surface area contributed by atoms with Crippen molar-refractivity contribution in [3.63, 3.8) is 0 Å². The normalized spacial score (nSPS) is 17.8. The van der Waals surface area contributed by atoms with E-state index >= 15 is 0 Å². The first kappa shape index (κ1) is 21.4. The highest BCUT2D eigenvalue weighted by atomic mass is 35.5. The van der Waals surface area contributed by atoms with Crippen molar-refractivity contribution in [3.8, 4) is 0 Å². The molecule has 2 aromatic carbocycles. The molecule has 2 aromatic rings. The summed E-state index contributed by atoms with van der Waals surface area (Å²) < 4.78 is 4.86. The minimum Gasteiger partial charge on any atom is -0.467 e. The fourth-order valence-electron chi connectivity index (χ4n) is 3.50. The third-order valence-electron chi connectivity index (χ3n) is 4.83. The number of hydrogen-bond acceptors (Lipinski definition) is 5. The van der Waals surface area contributed by atoms with Gasteiger partial charge >= 0.3 is 5.97 Å². The Morgan fingerprint density at radius 3 is 2.52 bits per heavy atom. The van der Waals surface area contributed by atoms with E-state index in [-0.39, 0.29) is 12.3 Å². The number of methoxy groups -OCH3 is 1. The summed E-state index contributed by atoms with van der Waals surface area (Å²) in [7, 11) is 3.22. The average Bonchev–Trinajstić information content (AvgIpc) is 2.68. The van der Waals surface area contributed by atoms with Crippen LogP contribution in [0.15, 0.2) is 36.4 Å². The molecule has 8 heteroatoms. The minimum atomic E-state index is -0.604. The highest BCUT2D eigenvalue weighted by Gasteiger charge is 2.34. The summed E-state index contributed by atoms with van der Waals surface area (Å²) in [5.74, 6) is -0.565. The zero-order valence-corrected chi connectivity index (χ0v) is 17.7. The van der Waals surface area contributed by atoms with Crippen molar-refractivity contribution >= 4 is 40.8 Å². The second-order valence-electron chi connectivity index (χ2n) is 6.95. The first-order valence-corrected chi connectivity index (χ1v) is 10.0. The second-order valence-corrected chi connectivity index (χ2v) is 7.79. The number of benzene rings is 2. The molecule has 0 saturated carbocycles. The molecule has 6 nitrogen and oxygen atoms in total. The van der Waals surface area contributed by atoms with Gasteiger partial charge in [-0.15, -0.1) is 0 Å². The van der Waals surface area contributed by atoms with E-state index in [9.17, 15) is 9.59 Å². The van der Waals surface area contributed by atoms with Crippen LogP contribution in [0.2, 0.25) is 10.0 Å². The van der Waals surface area contributed by atoms with E-state index in [1.165, 1.54) is 7.11 Å². The lowest BCUT2D eigenvalue weighted by molar-refractivity contribution is -0.142. The molecule has 0 aliphatic carbocycles. The van der Waals surface area contributed by atoms with Gasteiger partial charge in [-0.2, -0.15) is 0 Å². The average molecular weight is 436 g/mol. The zero-order chi connectivity index (χ0) is 21.0. The predicted octanol–water partition coefficient (Wildman–Crippen LogP) is 3.47. The molecule has 154 valence electrons. The first-order valence-electron chi connectivity index (χ1n) is 9.26. The topological polar surface area (TPSA) is 79.5 Å². The van der Waals surface area contributed by atoms with Crippen LogP contribution >= 0.6 is 23.2 Å². The molecule has 2 atom stereocenters. The molecule has 1 amide bonds. The number of carbonyl (C=O) groups excluding carboxylic acids is 2. The maximum Gasteiger partial charge on any atom is 0.328 e. The molecule has 0 radical (unpaired) electrons. The lowest BCUT2D eigenvalue weighted by Crippen LogP contribution is -2.42. The van der Waals surface area contributed by atoms with Gasteiger partial charge in [-0.1, -0.05) is 47.5 Å². The number of rotatable bonds is 6. The fraction of sp³-hybridized carbons (Fsp3) is 0.333. The quantitative estimate of drug-likeness (QED) is 0.605. The lowest BCUT2D eigenvalue weighted by atomic mass is 9.92. The van der Waals surface area contributed by atoms with Crippen LogP contribution in [0, 0.1) is 0 Å². The van der Waals surface area contributed by atoms with Crippen molar-refractivity contribution in [3.05, 3.63) is 63.1 Å². The molecule has 1 aliphatic rings. The van der Waals surface area contributed by atoms with Crippen LogP contribution in [0.4, 0.5) is 5.69 Å². The third kappa shape index (κ3) is 5.21. The summed E-state index contributed by atoms with van der Waals surface area (Å²) in [6.07, 6.45) is 0.557. The molecule has 0 spiro atoms. The van der Waals surface area contributed by atoms with E-state index in [1.54, 1.807) is 12.1 Å².